The minimum Gasteiger partial charge on any atom is -0.481 e. The quantitative estimate of drug-likeness (QED) is 0.143. The maximum absolute atomic E-state index is 13.8. The molecule has 294 valence electrons. The molecule has 0 radical (unpaired) electrons. The molecule has 0 unspecified atom stereocenters. The van der Waals surface area contributed by atoms with Gasteiger partial charge in [0, 0.05) is 17.5 Å². The molecule has 1 aromatic carbocycles. The average Bonchev–Trinajstić information content (AvgIpc) is 3.60. The van der Waals surface area contributed by atoms with E-state index in [-0.39, 0.29) is 47.3 Å². The second kappa shape index (κ2) is 19.9. The fraction of sp³-hybridized carbons (Fsp3) is 0.622. The van der Waals surface area contributed by atoms with Gasteiger partial charge >= 0.3 is 18.1 Å². The number of thiazole rings is 1. The highest BCUT2D eigenvalue weighted by molar-refractivity contribution is 7.09. The van der Waals surface area contributed by atoms with Crippen molar-refractivity contribution < 1.29 is 42.3 Å². The number of carboxylic acid groups (broad SMARTS) is 1. The zero-order valence-corrected chi connectivity index (χ0v) is 32.0. The lowest BCUT2D eigenvalue weighted by Gasteiger charge is -2.34. The van der Waals surface area contributed by atoms with Crippen molar-refractivity contribution in [3.05, 3.63) is 52.0 Å². The first kappa shape index (κ1) is 43.4. The van der Waals surface area contributed by atoms with Gasteiger partial charge in [0.25, 0.3) is 5.91 Å². The largest absolute Gasteiger partial charge is 0.481 e. The van der Waals surface area contributed by atoms with Gasteiger partial charge < -0.3 is 26.4 Å². The number of aliphatic carboxylic acids is 1. The molecule has 0 spiro atoms. The number of piperidine rings is 1. The van der Waals surface area contributed by atoms with Crippen molar-refractivity contribution in [3.63, 3.8) is 0 Å². The first-order valence-electron chi connectivity index (χ1n) is 18.1. The van der Waals surface area contributed by atoms with Crippen LogP contribution in [0.25, 0.3) is 0 Å². The van der Waals surface area contributed by atoms with Crippen LogP contribution in [0.3, 0.4) is 0 Å². The van der Waals surface area contributed by atoms with Crippen LogP contribution < -0.4 is 21.3 Å². The first-order valence-corrected chi connectivity index (χ1v) is 19.0. The normalized spacial score (nSPS) is 18.6. The summed E-state index contributed by atoms with van der Waals surface area (Å²) in [7, 11) is 1.86. The summed E-state index contributed by atoms with van der Waals surface area (Å²) < 4.78 is 40.6. The van der Waals surface area contributed by atoms with E-state index in [1.807, 2.05) is 61.4 Å². The fourth-order valence-corrected chi connectivity index (χ4v) is 7.14. The number of nitrogens with zero attached hydrogens (tertiary/aromatic N) is 2. The number of benzene rings is 1. The highest BCUT2D eigenvalue weighted by Gasteiger charge is 2.41. The van der Waals surface area contributed by atoms with Crippen molar-refractivity contribution in [2.24, 2.45) is 17.8 Å². The minimum absolute atomic E-state index is 0.0123. The number of hydrogen-bond acceptors (Lipinski definition) is 8. The number of halogens is 3. The van der Waals surface area contributed by atoms with Crippen LogP contribution in [0.2, 0.25) is 0 Å². The summed E-state index contributed by atoms with van der Waals surface area (Å²) in [5.74, 6) is -6.00. The van der Waals surface area contributed by atoms with Crippen LogP contribution in [0, 0.1) is 17.8 Å². The number of nitrogens with one attached hydrogen (secondary N) is 4. The number of likely N-dealkylation sites (N-methyl/N-ethyl adjacent to an activating group) is 1. The SMILES string of the molecule is CC[C@H](C)[C@H](NC(=O)[C@H]1CCCCN1C)C(=O)N[C@H](C[C@@H](NC(=O)C(F)(F)F)c1nc(C(=O)N[C@@H](Cc2ccccc2)C[C@H](C)C(=O)O)cs1)C(C)C. The zero-order chi connectivity index (χ0) is 39.5. The summed E-state index contributed by atoms with van der Waals surface area (Å²) in [4.78, 5) is 70.6. The summed E-state index contributed by atoms with van der Waals surface area (Å²) in [5.41, 5.74) is 0.747. The molecule has 5 N–H and O–H groups in total. The third-order valence-electron chi connectivity index (χ3n) is 9.82. The molecule has 3 rings (SSSR count). The number of hydrogen-bond donors (Lipinski definition) is 5. The Morgan fingerprint density at radius 2 is 1.66 bits per heavy atom. The van der Waals surface area contributed by atoms with Crippen molar-refractivity contribution in [2.75, 3.05) is 13.6 Å². The smallest absolute Gasteiger partial charge is 0.471 e. The maximum atomic E-state index is 13.8. The van der Waals surface area contributed by atoms with Crippen molar-refractivity contribution in [1.82, 2.24) is 31.2 Å². The summed E-state index contributed by atoms with van der Waals surface area (Å²) in [6.45, 7) is 9.55. The number of amides is 4. The molecule has 1 aliphatic rings. The van der Waals surface area contributed by atoms with E-state index in [9.17, 15) is 42.3 Å². The van der Waals surface area contributed by atoms with E-state index in [2.05, 4.69) is 20.9 Å². The van der Waals surface area contributed by atoms with Gasteiger partial charge in [0.05, 0.1) is 18.0 Å². The molecule has 7 atom stereocenters. The number of aromatic nitrogens is 1. The standard InChI is InChI=1S/C37H53F3N6O6S/c1-7-22(4)30(45-32(48)29-15-11-12-16-46(29)6)33(49)42-26(21(2)3)19-27(44-36(52)37(38,39)40)34-43-28(20-53-34)31(47)41-25(17-23(5)35(50)51)18-24-13-9-8-10-14-24/h8-10,13-14,20-23,25-27,29-30H,7,11-12,15-19H2,1-6H3,(H,41,47)(H,42,49)(H,44,52)(H,45,48)(H,50,51)/t22-,23-,25+,26+,27+,29+,30-/m0/s1. The van der Waals surface area contributed by atoms with Crippen LogP contribution in [0.1, 0.15) is 100 Å². The van der Waals surface area contributed by atoms with Crippen LogP contribution in [0.15, 0.2) is 35.7 Å². The average molecular weight is 767 g/mol. The third-order valence-corrected chi connectivity index (χ3v) is 10.8. The van der Waals surface area contributed by atoms with E-state index >= 15 is 0 Å². The molecule has 0 saturated carbocycles. The van der Waals surface area contributed by atoms with Gasteiger partial charge in [-0.3, -0.25) is 28.9 Å². The van der Waals surface area contributed by atoms with Crippen LogP contribution in [-0.2, 0) is 25.6 Å². The summed E-state index contributed by atoms with van der Waals surface area (Å²) in [6.07, 6.45) is -1.87. The minimum atomic E-state index is -5.21. The van der Waals surface area contributed by atoms with Crippen LogP contribution in [0.5, 0.6) is 0 Å². The molecular weight excluding hydrogens is 714 g/mol. The third kappa shape index (κ3) is 13.1. The molecule has 1 saturated heterocycles. The molecule has 16 heteroatoms. The predicted molar refractivity (Wildman–Crippen MR) is 195 cm³/mol. The lowest BCUT2D eigenvalue weighted by molar-refractivity contribution is -0.174. The van der Waals surface area contributed by atoms with E-state index in [0.29, 0.717) is 19.3 Å². The molecule has 1 aliphatic heterocycles. The van der Waals surface area contributed by atoms with Gasteiger partial charge in [0.15, 0.2) is 0 Å². The van der Waals surface area contributed by atoms with E-state index in [1.54, 1.807) is 13.8 Å². The Labute approximate surface area is 313 Å². The highest BCUT2D eigenvalue weighted by Crippen LogP contribution is 2.28. The van der Waals surface area contributed by atoms with Crippen LogP contribution in [-0.4, -0.2) is 88.5 Å². The van der Waals surface area contributed by atoms with Gasteiger partial charge in [0.1, 0.15) is 16.7 Å². The van der Waals surface area contributed by atoms with Crippen LogP contribution in [0.4, 0.5) is 13.2 Å². The van der Waals surface area contributed by atoms with Gasteiger partial charge in [-0.15, -0.1) is 11.3 Å². The van der Waals surface area contributed by atoms with Crippen molar-refractivity contribution in [2.45, 2.75) is 116 Å². The lowest BCUT2D eigenvalue weighted by atomic mass is 9.93. The summed E-state index contributed by atoms with van der Waals surface area (Å²) in [5, 5.41) is 21.5. The molecule has 53 heavy (non-hydrogen) atoms. The Kier molecular flexibility index (Phi) is 16.2. The molecule has 0 aliphatic carbocycles. The molecule has 2 heterocycles. The Balaban J connectivity index is 1.84. The number of carbonyl (C=O) groups is 5. The Hall–Kier alpha value is -4.05. The van der Waals surface area contributed by atoms with E-state index < -0.39 is 60.0 Å². The highest BCUT2D eigenvalue weighted by atomic mass is 32.1. The van der Waals surface area contributed by atoms with Crippen molar-refractivity contribution in [1.29, 1.82) is 0 Å². The Morgan fingerprint density at radius 3 is 2.25 bits per heavy atom. The first-order chi connectivity index (χ1) is 24.9. The van der Waals surface area contributed by atoms with Gasteiger partial charge in [-0.25, -0.2) is 4.98 Å². The fourth-order valence-electron chi connectivity index (χ4n) is 6.27. The molecule has 4 amide bonds. The molecule has 2 aromatic rings. The number of likely N-dealkylation sites (tertiary alicyclic amines) is 1. The maximum Gasteiger partial charge on any atom is 0.471 e. The Bertz CT molecular complexity index is 1540. The second-order valence-corrected chi connectivity index (χ2v) is 15.3. The van der Waals surface area contributed by atoms with Gasteiger partial charge in [-0.1, -0.05) is 77.8 Å². The molecule has 1 aromatic heterocycles. The van der Waals surface area contributed by atoms with Gasteiger partial charge in [-0.2, -0.15) is 13.2 Å². The number of rotatable bonds is 18. The number of alkyl halides is 3. The molecule has 0 bridgehead atoms. The molecular formula is C37H53F3N6O6S. The van der Waals surface area contributed by atoms with Crippen molar-refractivity contribution in [3.8, 4) is 0 Å². The lowest BCUT2D eigenvalue weighted by Crippen LogP contribution is -2.57. The van der Waals surface area contributed by atoms with Gasteiger partial charge in [0.2, 0.25) is 11.8 Å². The summed E-state index contributed by atoms with van der Waals surface area (Å²) in [6, 6.07) is 5.16. The van der Waals surface area contributed by atoms with E-state index in [1.165, 1.54) is 12.3 Å². The number of carbonyl (C=O) groups excluding carboxylic acids is 4. The van der Waals surface area contributed by atoms with E-state index in [0.717, 1.165) is 36.3 Å². The van der Waals surface area contributed by atoms with E-state index in [4.69, 9.17) is 0 Å². The second-order valence-electron chi connectivity index (χ2n) is 14.4. The molecule has 12 nitrogen and oxygen atoms in total. The summed E-state index contributed by atoms with van der Waals surface area (Å²) >= 11 is 0.878. The predicted octanol–water partition coefficient (Wildman–Crippen LogP) is 4.86. The van der Waals surface area contributed by atoms with Gasteiger partial charge in [-0.05, 0) is 63.1 Å². The van der Waals surface area contributed by atoms with Crippen molar-refractivity contribution >= 4 is 40.9 Å². The topological polar surface area (TPSA) is 170 Å². The van der Waals surface area contributed by atoms with Crippen LogP contribution >= 0.6 is 11.3 Å². The monoisotopic (exact) mass is 766 g/mol. The Morgan fingerprint density at radius 1 is 0.981 bits per heavy atom. The zero-order valence-electron chi connectivity index (χ0n) is 31.2. The molecule has 1 fully saturated rings. The number of carboxylic acids is 1.